The lowest BCUT2D eigenvalue weighted by Crippen LogP contribution is -2.06. The fourth-order valence-corrected chi connectivity index (χ4v) is 2.55. The zero-order chi connectivity index (χ0) is 13.2. The first kappa shape index (κ1) is 12.5. The molecule has 0 aromatic carbocycles. The van der Waals surface area contributed by atoms with Gasteiger partial charge in [0.05, 0.1) is 16.4 Å². The monoisotopic (exact) mass is 319 g/mol. The van der Waals surface area contributed by atoms with E-state index in [0.29, 0.717) is 17.4 Å². The van der Waals surface area contributed by atoms with Crippen molar-refractivity contribution in [1.29, 1.82) is 0 Å². The predicted octanol–water partition coefficient (Wildman–Crippen LogP) is 3.01. The van der Waals surface area contributed by atoms with Crippen LogP contribution in [0.3, 0.4) is 0 Å². The molecule has 3 rings (SSSR count). The third-order valence-corrected chi connectivity index (χ3v) is 3.76. The zero-order valence-corrected chi connectivity index (χ0v) is 12.2. The minimum absolute atomic E-state index is 0.546. The van der Waals surface area contributed by atoms with Crippen LogP contribution in [0.5, 0.6) is 0 Å². The number of rotatable bonds is 4. The normalized spacial score (nSPS) is 14.4. The van der Waals surface area contributed by atoms with Crippen LogP contribution < -0.4 is 5.32 Å². The molecule has 2 heterocycles. The summed E-state index contributed by atoms with van der Waals surface area (Å²) >= 11 is 3.61. The summed E-state index contributed by atoms with van der Waals surface area (Å²) in [7, 11) is 0. The number of nitrogens with one attached hydrogen (secondary N) is 1. The van der Waals surface area contributed by atoms with Gasteiger partial charge in [0.15, 0.2) is 5.82 Å². The second-order valence-corrected chi connectivity index (χ2v) is 5.28. The highest BCUT2D eigenvalue weighted by molar-refractivity contribution is 9.10. The Morgan fingerprint density at radius 3 is 2.79 bits per heavy atom. The Hall–Kier alpha value is -1.56. The fraction of sp³-hybridized carbons (Fsp3) is 0.385. The zero-order valence-electron chi connectivity index (χ0n) is 10.6. The first-order chi connectivity index (χ1) is 9.29. The van der Waals surface area contributed by atoms with Crippen LogP contribution in [0.15, 0.2) is 23.1 Å². The molecule has 0 saturated heterocycles. The van der Waals surface area contributed by atoms with Crippen molar-refractivity contribution in [2.24, 2.45) is 0 Å². The van der Waals surface area contributed by atoms with Gasteiger partial charge in [0.1, 0.15) is 11.5 Å². The van der Waals surface area contributed by atoms with Crippen molar-refractivity contribution in [3.63, 3.8) is 0 Å². The summed E-state index contributed by atoms with van der Waals surface area (Å²) in [6, 6.07) is 0. The van der Waals surface area contributed by atoms with Gasteiger partial charge >= 0.3 is 0 Å². The summed E-state index contributed by atoms with van der Waals surface area (Å²) < 4.78 is 0.976. The summed E-state index contributed by atoms with van der Waals surface area (Å²) in [5, 5.41) is 3.26. The van der Waals surface area contributed by atoms with E-state index in [0.717, 1.165) is 22.5 Å². The van der Waals surface area contributed by atoms with Gasteiger partial charge in [-0.1, -0.05) is 0 Å². The Balaban J connectivity index is 2.09. The van der Waals surface area contributed by atoms with Gasteiger partial charge in [0.25, 0.3) is 0 Å². The van der Waals surface area contributed by atoms with Gasteiger partial charge < -0.3 is 5.32 Å². The van der Waals surface area contributed by atoms with Crippen LogP contribution >= 0.6 is 15.9 Å². The molecule has 1 saturated carbocycles. The summed E-state index contributed by atoms with van der Waals surface area (Å²) in [6.45, 7) is 2.87. The molecule has 0 aliphatic heterocycles. The van der Waals surface area contributed by atoms with Gasteiger partial charge in [-0.15, -0.1) is 0 Å². The van der Waals surface area contributed by atoms with E-state index in [4.69, 9.17) is 0 Å². The molecule has 2 aromatic rings. The van der Waals surface area contributed by atoms with Gasteiger partial charge in [-0.05, 0) is 35.7 Å². The Bertz CT molecular complexity index is 583. The average Bonchev–Trinajstić information content (AvgIpc) is 3.27. The second kappa shape index (κ2) is 5.21. The topological polar surface area (TPSA) is 63.6 Å². The maximum absolute atomic E-state index is 4.65. The molecule has 2 aromatic heterocycles. The van der Waals surface area contributed by atoms with Crippen molar-refractivity contribution >= 4 is 21.7 Å². The SMILES string of the molecule is CCNc1nc(-c2cnccn2)nc(C2CC2)c1Br. The molecule has 98 valence electrons. The lowest BCUT2D eigenvalue weighted by atomic mass is 10.2. The highest BCUT2D eigenvalue weighted by atomic mass is 79.9. The smallest absolute Gasteiger partial charge is 0.182 e. The van der Waals surface area contributed by atoms with Gasteiger partial charge in [-0.25, -0.2) is 15.0 Å². The van der Waals surface area contributed by atoms with E-state index in [1.165, 1.54) is 12.8 Å². The molecule has 1 aliphatic rings. The lowest BCUT2D eigenvalue weighted by molar-refractivity contribution is 0.965. The van der Waals surface area contributed by atoms with E-state index >= 15 is 0 Å². The Labute approximate surface area is 120 Å². The molecule has 0 amide bonds. The minimum Gasteiger partial charge on any atom is -0.369 e. The van der Waals surface area contributed by atoms with E-state index in [1.54, 1.807) is 18.6 Å². The molecule has 6 heteroatoms. The maximum atomic E-state index is 4.65. The maximum Gasteiger partial charge on any atom is 0.182 e. The summed E-state index contributed by atoms with van der Waals surface area (Å²) in [4.78, 5) is 17.5. The van der Waals surface area contributed by atoms with Crippen molar-refractivity contribution in [1.82, 2.24) is 19.9 Å². The quantitative estimate of drug-likeness (QED) is 0.938. The van der Waals surface area contributed by atoms with Gasteiger partial charge in [0.2, 0.25) is 0 Å². The van der Waals surface area contributed by atoms with E-state index < -0.39 is 0 Å². The van der Waals surface area contributed by atoms with E-state index in [1.807, 2.05) is 6.92 Å². The third-order valence-electron chi connectivity index (χ3n) is 2.98. The fourth-order valence-electron chi connectivity index (χ4n) is 1.91. The molecule has 1 aliphatic carbocycles. The Kier molecular flexibility index (Phi) is 3.42. The summed E-state index contributed by atoms with van der Waals surface area (Å²) in [5.74, 6) is 2.01. The van der Waals surface area contributed by atoms with Crippen molar-refractivity contribution in [3.8, 4) is 11.5 Å². The van der Waals surface area contributed by atoms with Crippen molar-refractivity contribution in [3.05, 3.63) is 28.8 Å². The number of halogens is 1. The van der Waals surface area contributed by atoms with Crippen LogP contribution in [0.2, 0.25) is 0 Å². The molecule has 1 N–H and O–H groups in total. The van der Waals surface area contributed by atoms with Crippen LogP contribution in [0.25, 0.3) is 11.5 Å². The molecule has 0 spiro atoms. The molecular weight excluding hydrogens is 306 g/mol. The average molecular weight is 320 g/mol. The summed E-state index contributed by atoms with van der Waals surface area (Å²) in [6.07, 6.45) is 7.39. The number of aromatic nitrogens is 4. The van der Waals surface area contributed by atoms with Gasteiger partial charge in [-0.3, -0.25) is 4.98 Å². The third kappa shape index (κ3) is 2.58. The predicted molar refractivity (Wildman–Crippen MR) is 76.9 cm³/mol. The Morgan fingerprint density at radius 2 is 2.16 bits per heavy atom. The highest BCUT2D eigenvalue weighted by Gasteiger charge is 2.29. The number of hydrogen-bond acceptors (Lipinski definition) is 5. The first-order valence-electron chi connectivity index (χ1n) is 6.37. The van der Waals surface area contributed by atoms with E-state index in [-0.39, 0.29) is 0 Å². The van der Waals surface area contributed by atoms with E-state index in [9.17, 15) is 0 Å². The van der Waals surface area contributed by atoms with Crippen molar-refractivity contribution in [2.45, 2.75) is 25.7 Å². The van der Waals surface area contributed by atoms with Crippen LogP contribution in [-0.4, -0.2) is 26.5 Å². The largest absolute Gasteiger partial charge is 0.369 e. The second-order valence-electron chi connectivity index (χ2n) is 4.49. The number of hydrogen-bond donors (Lipinski definition) is 1. The first-order valence-corrected chi connectivity index (χ1v) is 7.16. The molecule has 0 atom stereocenters. The molecule has 0 radical (unpaired) electrons. The molecule has 19 heavy (non-hydrogen) atoms. The Morgan fingerprint density at radius 1 is 1.32 bits per heavy atom. The molecule has 0 bridgehead atoms. The molecular formula is C13H14BrN5. The molecule has 5 nitrogen and oxygen atoms in total. The molecule has 1 fully saturated rings. The van der Waals surface area contributed by atoms with E-state index in [2.05, 4.69) is 41.2 Å². The van der Waals surface area contributed by atoms with Crippen LogP contribution in [-0.2, 0) is 0 Å². The minimum atomic E-state index is 0.546. The van der Waals surface area contributed by atoms with Crippen molar-refractivity contribution in [2.75, 3.05) is 11.9 Å². The van der Waals surface area contributed by atoms with Crippen LogP contribution in [0.1, 0.15) is 31.4 Å². The standard InChI is InChI=1S/C13H14BrN5/c1-2-16-13-10(14)11(8-3-4-8)18-12(19-13)9-7-15-5-6-17-9/h5-8H,2-4H2,1H3,(H,16,18,19). The highest BCUT2D eigenvalue weighted by Crippen LogP contribution is 2.44. The van der Waals surface area contributed by atoms with Crippen molar-refractivity contribution < 1.29 is 0 Å². The van der Waals surface area contributed by atoms with Gasteiger partial charge in [-0.2, -0.15) is 0 Å². The molecule has 0 unspecified atom stereocenters. The van der Waals surface area contributed by atoms with Gasteiger partial charge in [0, 0.05) is 24.9 Å². The number of nitrogens with zero attached hydrogens (tertiary/aromatic N) is 4. The van der Waals surface area contributed by atoms with Crippen LogP contribution in [0, 0.1) is 0 Å². The van der Waals surface area contributed by atoms with Crippen LogP contribution in [0.4, 0.5) is 5.82 Å². The lowest BCUT2D eigenvalue weighted by Gasteiger charge is -2.11. The summed E-state index contributed by atoms with van der Waals surface area (Å²) in [5.41, 5.74) is 1.78. The number of anilines is 1.